The van der Waals surface area contributed by atoms with Crippen LogP contribution in [0.25, 0.3) is 0 Å². The van der Waals surface area contributed by atoms with Crippen molar-refractivity contribution < 1.29 is 37.3 Å². The van der Waals surface area contributed by atoms with Crippen molar-refractivity contribution in [2.24, 2.45) is 0 Å². The van der Waals surface area contributed by atoms with E-state index in [1.165, 1.54) is 77.0 Å². The minimum Gasteiger partial charge on any atom is -0.756 e. The third-order valence-electron chi connectivity index (χ3n) is 12.8. The molecule has 0 rings (SSSR count). The van der Waals surface area contributed by atoms with Gasteiger partial charge in [0.2, 0.25) is 5.91 Å². The number of phosphoric ester groups is 1. The second-order valence-electron chi connectivity index (χ2n) is 21.5. The number of quaternary nitrogens is 1. The highest BCUT2D eigenvalue weighted by molar-refractivity contribution is 7.45. The molecule has 0 aliphatic carbocycles. The molecule has 0 aromatic heterocycles. The van der Waals surface area contributed by atoms with Crippen LogP contribution in [0.3, 0.4) is 0 Å². The summed E-state index contributed by atoms with van der Waals surface area (Å²) in [6.07, 6.45) is 79.9. The molecule has 1 amide bonds. The first kappa shape index (κ1) is 74.2. The number of carbonyl (C=O) groups excluding carboxylic acids is 2. The molecule has 0 heterocycles. The highest BCUT2D eigenvalue weighted by Gasteiger charge is 2.27. The lowest BCUT2D eigenvalue weighted by molar-refractivity contribution is -0.870. The van der Waals surface area contributed by atoms with Gasteiger partial charge >= 0.3 is 5.97 Å². The van der Waals surface area contributed by atoms with Gasteiger partial charge < -0.3 is 28.5 Å². The maximum Gasteiger partial charge on any atom is 0.306 e. The van der Waals surface area contributed by atoms with Crippen molar-refractivity contribution in [3.05, 3.63) is 134 Å². The van der Waals surface area contributed by atoms with Crippen LogP contribution in [-0.4, -0.2) is 69.4 Å². The van der Waals surface area contributed by atoms with E-state index in [9.17, 15) is 19.0 Å². The molecule has 0 aliphatic heterocycles. The Labute approximate surface area is 479 Å². The van der Waals surface area contributed by atoms with Gasteiger partial charge in [-0.1, -0.05) is 225 Å². The quantitative estimate of drug-likeness (QED) is 0.0212. The lowest BCUT2D eigenvalue weighted by Gasteiger charge is -2.30. The van der Waals surface area contributed by atoms with Crippen LogP contribution < -0.4 is 10.2 Å². The van der Waals surface area contributed by atoms with Crippen molar-refractivity contribution in [2.75, 3.05) is 40.9 Å². The average molecular weight is 1100 g/mol. The standard InChI is InChI=1S/C68H115N2O7P/c1-7-10-13-16-19-22-25-28-30-32-34-35-37-38-40-42-45-48-51-54-57-60-67(71)69-65(64-76-78(73,74)75-63-62-70(4,5)6)66(59-56-53-50-47-44-27-24-21-18-15-12-9-3)77-68(72)61-58-55-52-49-46-43-41-39-36-33-31-29-26-23-20-17-14-11-8-2/h10,13,19-20,22-23,28-31,34-36,38-40,43,45-46,48,56,59,65-66H,7-9,11-12,14-18,21,24-27,32-33,37,41-42,44,47,49-55,57-58,60-64H2,1-6H3,(H-,69,71,73,74)/b13-10-,22-19-,23-20-,30-28-,31-29-,35-34-,39-36-,40-38-,46-43-,48-45-,59-56+. The van der Waals surface area contributed by atoms with Gasteiger partial charge in [-0.2, -0.15) is 0 Å². The predicted molar refractivity (Wildman–Crippen MR) is 334 cm³/mol. The molecular formula is C68H115N2O7P. The van der Waals surface area contributed by atoms with Crippen molar-refractivity contribution in [1.82, 2.24) is 5.32 Å². The Morgan fingerprint density at radius 2 is 0.821 bits per heavy atom. The van der Waals surface area contributed by atoms with Crippen molar-refractivity contribution >= 4 is 19.7 Å². The number of phosphoric acid groups is 1. The average Bonchev–Trinajstić information content (AvgIpc) is 3.40. The molecule has 10 heteroatoms. The summed E-state index contributed by atoms with van der Waals surface area (Å²) in [5.41, 5.74) is 0. The molecule has 0 aliphatic rings. The van der Waals surface area contributed by atoms with Crippen LogP contribution in [0.15, 0.2) is 134 Å². The van der Waals surface area contributed by atoms with Crippen molar-refractivity contribution in [3.63, 3.8) is 0 Å². The Kier molecular flexibility index (Phi) is 53.6. The summed E-state index contributed by atoms with van der Waals surface area (Å²) in [6, 6.07) is -0.935. The van der Waals surface area contributed by atoms with Crippen LogP contribution in [0, 0.1) is 0 Å². The van der Waals surface area contributed by atoms with Crippen LogP contribution in [0.1, 0.15) is 233 Å². The van der Waals surface area contributed by atoms with Crippen LogP contribution in [0.5, 0.6) is 0 Å². The van der Waals surface area contributed by atoms with E-state index < -0.39 is 26.6 Å². The second-order valence-corrected chi connectivity index (χ2v) is 22.9. The molecule has 9 nitrogen and oxygen atoms in total. The molecule has 3 atom stereocenters. The van der Waals surface area contributed by atoms with Crippen LogP contribution in [0.4, 0.5) is 0 Å². The molecule has 0 fully saturated rings. The lowest BCUT2D eigenvalue weighted by atomic mass is 10.1. The molecule has 0 aromatic carbocycles. The highest BCUT2D eigenvalue weighted by atomic mass is 31.2. The Balaban J connectivity index is 5.42. The van der Waals surface area contributed by atoms with E-state index in [1.54, 1.807) is 6.08 Å². The Morgan fingerprint density at radius 3 is 1.27 bits per heavy atom. The molecule has 0 bridgehead atoms. The monoisotopic (exact) mass is 1100 g/mol. The summed E-state index contributed by atoms with van der Waals surface area (Å²) in [5.74, 6) is -0.638. The van der Waals surface area contributed by atoms with Gasteiger partial charge in [-0.25, -0.2) is 0 Å². The molecule has 0 spiro atoms. The predicted octanol–water partition coefficient (Wildman–Crippen LogP) is 18.6. The number of nitrogens with one attached hydrogen (secondary N) is 1. The zero-order chi connectivity index (χ0) is 57.2. The third-order valence-corrected chi connectivity index (χ3v) is 13.8. The van der Waals surface area contributed by atoms with Gasteiger partial charge in [0.1, 0.15) is 19.3 Å². The number of allylic oxidation sites excluding steroid dienone is 21. The molecule has 78 heavy (non-hydrogen) atoms. The van der Waals surface area contributed by atoms with Crippen molar-refractivity contribution in [2.45, 2.75) is 245 Å². The summed E-state index contributed by atoms with van der Waals surface area (Å²) in [5, 5.41) is 2.99. The Morgan fingerprint density at radius 1 is 0.462 bits per heavy atom. The van der Waals surface area contributed by atoms with E-state index in [2.05, 4.69) is 148 Å². The largest absolute Gasteiger partial charge is 0.756 e. The maximum absolute atomic E-state index is 13.5. The fraction of sp³-hybridized carbons (Fsp3) is 0.647. The molecule has 1 N–H and O–H groups in total. The number of hydrogen-bond donors (Lipinski definition) is 1. The fourth-order valence-corrected chi connectivity index (χ4v) is 8.76. The third kappa shape index (κ3) is 56.9. The number of likely N-dealkylation sites (N-methyl/N-ethyl adjacent to an activating group) is 1. The van der Waals surface area contributed by atoms with Gasteiger partial charge in [0.05, 0.1) is 33.8 Å². The SMILES string of the molecule is CC/C=C\C/C=C\C/C=C\C/C=C\C/C=C\C/C=C\CCCCC(=O)NC(COP(=O)([O-])OCC[N+](C)(C)C)C(/C=C/CCCCCCCCCCCC)OC(=O)CCCCC/C=C\C/C=C\C/C=C\C/C=C\CCCCC. The number of nitrogens with zero attached hydrogens (tertiary/aromatic N) is 1. The van der Waals surface area contributed by atoms with Crippen molar-refractivity contribution in [1.29, 1.82) is 0 Å². The number of carbonyl (C=O) groups is 2. The van der Waals surface area contributed by atoms with Gasteiger partial charge in [-0.15, -0.1) is 0 Å². The first-order valence-electron chi connectivity index (χ1n) is 31.0. The van der Waals surface area contributed by atoms with E-state index >= 15 is 0 Å². The van der Waals surface area contributed by atoms with Gasteiger partial charge in [-0.05, 0) is 128 Å². The zero-order valence-electron chi connectivity index (χ0n) is 50.6. The van der Waals surface area contributed by atoms with E-state index in [4.69, 9.17) is 13.8 Å². The van der Waals surface area contributed by atoms with E-state index in [1.807, 2.05) is 27.2 Å². The first-order valence-corrected chi connectivity index (χ1v) is 32.5. The first-order chi connectivity index (χ1) is 37.9. The normalized spacial score (nSPS) is 14.6. The lowest BCUT2D eigenvalue weighted by Crippen LogP contribution is -2.47. The van der Waals surface area contributed by atoms with E-state index in [-0.39, 0.29) is 31.3 Å². The van der Waals surface area contributed by atoms with Crippen molar-refractivity contribution in [3.8, 4) is 0 Å². The Bertz CT molecular complexity index is 1800. The summed E-state index contributed by atoms with van der Waals surface area (Å²) in [4.78, 5) is 40.0. The highest BCUT2D eigenvalue weighted by Crippen LogP contribution is 2.38. The summed E-state index contributed by atoms with van der Waals surface area (Å²) < 4.78 is 30.2. The van der Waals surface area contributed by atoms with Gasteiger partial charge in [0, 0.05) is 12.8 Å². The smallest absolute Gasteiger partial charge is 0.306 e. The van der Waals surface area contributed by atoms with Crippen LogP contribution >= 0.6 is 7.82 Å². The summed E-state index contributed by atoms with van der Waals surface area (Å²) in [7, 11) is 1.12. The molecule has 0 saturated heterocycles. The molecule has 0 radical (unpaired) electrons. The molecule has 3 unspecified atom stereocenters. The molecule has 0 aromatic rings. The second kappa shape index (κ2) is 56.4. The molecule has 0 saturated carbocycles. The molecule has 444 valence electrons. The Hall–Kier alpha value is -3.85. The number of unbranched alkanes of at least 4 members (excludes halogenated alkanes) is 18. The number of hydrogen-bond acceptors (Lipinski definition) is 7. The fourth-order valence-electron chi connectivity index (χ4n) is 8.04. The number of ether oxygens (including phenoxy) is 1. The van der Waals surface area contributed by atoms with Gasteiger partial charge in [-0.3, -0.25) is 14.2 Å². The number of amides is 1. The van der Waals surface area contributed by atoms with Gasteiger partial charge in [0.15, 0.2) is 0 Å². The number of esters is 1. The zero-order valence-corrected chi connectivity index (χ0v) is 51.5. The maximum atomic E-state index is 13.5. The number of rotatable bonds is 54. The topological polar surface area (TPSA) is 114 Å². The summed E-state index contributed by atoms with van der Waals surface area (Å²) in [6.45, 7) is 6.62. The van der Waals surface area contributed by atoms with E-state index in [0.717, 1.165) is 109 Å². The molecular weight excluding hydrogens is 988 g/mol. The minimum absolute atomic E-state index is 0.0440. The van der Waals surface area contributed by atoms with E-state index in [0.29, 0.717) is 23.9 Å². The van der Waals surface area contributed by atoms with Gasteiger partial charge in [0.25, 0.3) is 7.82 Å². The van der Waals surface area contributed by atoms with Crippen LogP contribution in [0.2, 0.25) is 0 Å². The van der Waals surface area contributed by atoms with Crippen LogP contribution in [-0.2, 0) is 27.9 Å². The minimum atomic E-state index is -4.73. The summed E-state index contributed by atoms with van der Waals surface area (Å²) >= 11 is 0.